The number of nitrogens with zero attached hydrogens (tertiary/aromatic N) is 5. The van der Waals surface area contributed by atoms with Gasteiger partial charge in [0.2, 0.25) is 0 Å². The van der Waals surface area contributed by atoms with E-state index in [0.717, 1.165) is 0 Å². The lowest BCUT2D eigenvalue weighted by Crippen LogP contribution is -2.19. The summed E-state index contributed by atoms with van der Waals surface area (Å²) in [5, 5.41) is 6.98. The average Bonchev–Trinajstić information content (AvgIpc) is 2.80. The van der Waals surface area contributed by atoms with E-state index in [0.29, 0.717) is 28.2 Å². The van der Waals surface area contributed by atoms with Crippen LogP contribution in [-0.2, 0) is 6.54 Å². The summed E-state index contributed by atoms with van der Waals surface area (Å²) in [6.45, 7) is 2.65. The molecule has 0 aliphatic rings. The predicted molar refractivity (Wildman–Crippen MR) is 79.9 cm³/mol. The van der Waals surface area contributed by atoms with Crippen LogP contribution in [0.2, 0.25) is 0 Å². The maximum atomic E-state index is 12.2. The van der Waals surface area contributed by atoms with E-state index in [1.165, 1.54) is 6.33 Å². The molecule has 2 aromatic heterocycles. The summed E-state index contributed by atoms with van der Waals surface area (Å²) in [7, 11) is 3.69. The highest BCUT2D eigenvalue weighted by atomic mass is 79.9. The molecule has 7 nitrogen and oxygen atoms in total. The van der Waals surface area contributed by atoms with E-state index in [1.54, 1.807) is 22.0 Å². The minimum atomic E-state index is -0.304. The van der Waals surface area contributed by atoms with Crippen LogP contribution in [0.25, 0.3) is 0 Å². The first-order valence-electron chi connectivity index (χ1n) is 6.04. The summed E-state index contributed by atoms with van der Waals surface area (Å²) in [5.41, 5.74) is 0.876. The van der Waals surface area contributed by atoms with Gasteiger partial charge in [0, 0.05) is 26.8 Å². The molecular weight excluding hydrogens is 324 g/mol. The third-order valence-electron chi connectivity index (χ3n) is 2.62. The lowest BCUT2D eigenvalue weighted by Gasteiger charge is -2.15. The molecule has 20 heavy (non-hydrogen) atoms. The monoisotopic (exact) mass is 338 g/mol. The molecule has 2 rings (SSSR count). The van der Waals surface area contributed by atoms with E-state index in [9.17, 15) is 4.79 Å². The zero-order valence-corrected chi connectivity index (χ0v) is 13.0. The molecule has 0 radical (unpaired) electrons. The van der Waals surface area contributed by atoms with Crippen molar-refractivity contribution < 1.29 is 4.79 Å². The molecule has 0 atom stereocenters. The van der Waals surface area contributed by atoms with Gasteiger partial charge in [0.25, 0.3) is 5.91 Å². The van der Waals surface area contributed by atoms with Gasteiger partial charge in [-0.15, -0.1) is 0 Å². The van der Waals surface area contributed by atoms with Gasteiger partial charge < -0.3 is 10.2 Å². The van der Waals surface area contributed by atoms with Crippen molar-refractivity contribution in [2.45, 2.75) is 13.5 Å². The fourth-order valence-corrected chi connectivity index (χ4v) is 2.16. The van der Waals surface area contributed by atoms with E-state index < -0.39 is 0 Å². The summed E-state index contributed by atoms with van der Waals surface area (Å²) < 4.78 is 2.34. The first kappa shape index (κ1) is 14.4. The summed E-state index contributed by atoms with van der Waals surface area (Å²) in [6, 6.07) is 0. The zero-order chi connectivity index (χ0) is 14.7. The molecule has 8 heteroatoms. The van der Waals surface area contributed by atoms with Gasteiger partial charge in [-0.3, -0.25) is 9.48 Å². The fourth-order valence-electron chi connectivity index (χ4n) is 1.66. The molecule has 1 amide bonds. The van der Waals surface area contributed by atoms with Crippen molar-refractivity contribution in [3.05, 3.63) is 28.9 Å². The Morgan fingerprint density at radius 2 is 2.25 bits per heavy atom. The lowest BCUT2D eigenvalue weighted by atomic mass is 10.3. The highest BCUT2D eigenvalue weighted by Crippen LogP contribution is 2.21. The molecule has 0 aliphatic carbocycles. The van der Waals surface area contributed by atoms with Crippen molar-refractivity contribution in [1.82, 2.24) is 19.7 Å². The van der Waals surface area contributed by atoms with Crippen molar-refractivity contribution in [1.29, 1.82) is 0 Å². The quantitative estimate of drug-likeness (QED) is 0.919. The second-order valence-corrected chi connectivity index (χ2v) is 5.14. The number of rotatable bonds is 4. The van der Waals surface area contributed by atoms with Crippen molar-refractivity contribution in [3.8, 4) is 0 Å². The third kappa shape index (κ3) is 2.96. The first-order valence-corrected chi connectivity index (χ1v) is 6.83. The van der Waals surface area contributed by atoms with Gasteiger partial charge in [0.1, 0.15) is 12.0 Å². The Morgan fingerprint density at radius 3 is 2.85 bits per heavy atom. The summed E-state index contributed by atoms with van der Waals surface area (Å²) in [5.74, 6) is 0.335. The molecule has 0 unspecified atom stereocenters. The average molecular weight is 339 g/mol. The Kier molecular flexibility index (Phi) is 4.33. The Bertz CT molecular complexity index is 624. The maximum Gasteiger partial charge on any atom is 0.277 e. The van der Waals surface area contributed by atoms with Gasteiger partial charge in [-0.1, -0.05) is 0 Å². The number of carbonyl (C=O) groups excluding carboxylic acids is 1. The van der Waals surface area contributed by atoms with E-state index in [1.807, 2.05) is 21.0 Å². The largest absolute Gasteiger partial charge is 0.361 e. The van der Waals surface area contributed by atoms with Crippen LogP contribution >= 0.6 is 15.9 Å². The van der Waals surface area contributed by atoms with Crippen LogP contribution in [0.4, 0.5) is 11.5 Å². The molecule has 2 heterocycles. The minimum absolute atomic E-state index is 0.304. The highest BCUT2D eigenvalue weighted by Gasteiger charge is 2.17. The second kappa shape index (κ2) is 6.00. The van der Waals surface area contributed by atoms with E-state index in [-0.39, 0.29) is 5.91 Å². The number of anilines is 2. The smallest absolute Gasteiger partial charge is 0.277 e. The van der Waals surface area contributed by atoms with Crippen LogP contribution in [0.15, 0.2) is 23.2 Å². The first-order chi connectivity index (χ1) is 9.52. The fraction of sp³-hybridized carbons (Fsp3) is 0.333. The minimum Gasteiger partial charge on any atom is -0.361 e. The van der Waals surface area contributed by atoms with Crippen LogP contribution < -0.4 is 10.2 Å². The van der Waals surface area contributed by atoms with Gasteiger partial charge in [0.05, 0.1) is 10.7 Å². The molecule has 0 fully saturated rings. The van der Waals surface area contributed by atoms with Crippen LogP contribution in [0.3, 0.4) is 0 Å². The number of amides is 1. The highest BCUT2D eigenvalue weighted by molar-refractivity contribution is 9.10. The SMILES string of the molecule is CCn1cc(Br)c(C(=O)Nc2cncnc2N(C)C)n1. The van der Waals surface area contributed by atoms with Crippen molar-refractivity contribution in [3.63, 3.8) is 0 Å². The molecule has 0 spiro atoms. The van der Waals surface area contributed by atoms with E-state index in [4.69, 9.17) is 0 Å². The third-order valence-corrected chi connectivity index (χ3v) is 3.20. The van der Waals surface area contributed by atoms with Gasteiger partial charge in [0.15, 0.2) is 11.5 Å². The molecule has 106 valence electrons. The molecule has 0 saturated carbocycles. The zero-order valence-electron chi connectivity index (χ0n) is 11.5. The Morgan fingerprint density at radius 1 is 1.50 bits per heavy atom. The normalized spacial score (nSPS) is 10.4. The number of carbonyl (C=O) groups is 1. The summed E-state index contributed by atoms with van der Waals surface area (Å²) in [4.78, 5) is 22.1. The Balaban J connectivity index is 2.25. The molecule has 0 aromatic carbocycles. The van der Waals surface area contributed by atoms with Crippen LogP contribution in [0.5, 0.6) is 0 Å². The predicted octanol–water partition coefficient (Wildman–Crippen LogP) is 1.77. The van der Waals surface area contributed by atoms with Gasteiger partial charge in [-0.25, -0.2) is 9.97 Å². The number of hydrogen-bond donors (Lipinski definition) is 1. The van der Waals surface area contributed by atoms with Crippen molar-refractivity contribution in [2.24, 2.45) is 0 Å². The van der Waals surface area contributed by atoms with Crippen LogP contribution in [-0.4, -0.2) is 39.8 Å². The second-order valence-electron chi connectivity index (χ2n) is 4.29. The molecule has 1 N–H and O–H groups in total. The van der Waals surface area contributed by atoms with Gasteiger partial charge in [-0.2, -0.15) is 5.10 Å². The molecule has 0 saturated heterocycles. The van der Waals surface area contributed by atoms with Crippen LogP contribution in [0, 0.1) is 0 Å². The lowest BCUT2D eigenvalue weighted by molar-refractivity contribution is 0.102. The summed E-state index contributed by atoms with van der Waals surface area (Å²) >= 11 is 3.33. The van der Waals surface area contributed by atoms with Crippen molar-refractivity contribution in [2.75, 3.05) is 24.3 Å². The molecular formula is C12H15BrN6O. The van der Waals surface area contributed by atoms with E-state index in [2.05, 4.69) is 36.3 Å². The topological polar surface area (TPSA) is 75.9 Å². The Labute approximate surface area is 125 Å². The van der Waals surface area contributed by atoms with Gasteiger partial charge >= 0.3 is 0 Å². The van der Waals surface area contributed by atoms with Crippen molar-refractivity contribution >= 4 is 33.3 Å². The molecule has 0 bridgehead atoms. The van der Waals surface area contributed by atoms with Crippen LogP contribution in [0.1, 0.15) is 17.4 Å². The molecule has 0 aliphatic heterocycles. The van der Waals surface area contributed by atoms with E-state index >= 15 is 0 Å². The number of nitrogens with one attached hydrogen (secondary N) is 1. The maximum absolute atomic E-state index is 12.2. The molecule has 2 aromatic rings. The summed E-state index contributed by atoms with van der Waals surface area (Å²) in [6.07, 6.45) is 4.76. The standard InChI is InChI=1S/C12H15BrN6O/c1-4-19-6-8(13)10(17-19)12(20)16-9-5-14-7-15-11(9)18(2)3/h5-7H,4H2,1-3H3,(H,16,20). The number of halogens is 1. The Hall–Kier alpha value is -1.96. The van der Waals surface area contributed by atoms with Gasteiger partial charge in [-0.05, 0) is 22.9 Å². The number of hydrogen-bond acceptors (Lipinski definition) is 5. The number of aromatic nitrogens is 4. The number of aryl methyl sites for hydroxylation is 1.